The van der Waals surface area contributed by atoms with E-state index in [4.69, 9.17) is 24.5 Å². The molecule has 1 aliphatic carbocycles. The van der Waals surface area contributed by atoms with Crippen LogP contribution in [0.15, 0.2) is 36.2 Å². The number of carbonyl (C=O) groups is 3. The number of rotatable bonds is 4. The Morgan fingerprint density at radius 3 is 2.15 bits per heavy atom. The lowest BCUT2D eigenvalue weighted by Gasteiger charge is -2.41. The van der Waals surface area contributed by atoms with Crippen molar-refractivity contribution in [3.05, 3.63) is 41.7 Å². The van der Waals surface area contributed by atoms with Crippen LogP contribution in [-0.4, -0.2) is 94.1 Å². The van der Waals surface area contributed by atoms with Crippen LogP contribution >= 0.6 is 0 Å². The van der Waals surface area contributed by atoms with E-state index < -0.39 is 24.3 Å². The fourth-order valence-electron chi connectivity index (χ4n) is 4.71. The molecule has 9 nitrogen and oxygen atoms in total. The van der Waals surface area contributed by atoms with Crippen LogP contribution in [0, 0.1) is 5.92 Å². The molecule has 1 aromatic heterocycles. The number of methoxy groups -OCH3 is 1. The van der Waals surface area contributed by atoms with Gasteiger partial charge in [-0.15, -0.1) is 0 Å². The maximum Gasteiger partial charge on any atom is 0.490 e. The largest absolute Gasteiger partial charge is 0.490 e. The molecule has 15 heteroatoms. The van der Waals surface area contributed by atoms with Gasteiger partial charge < -0.3 is 19.8 Å². The number of fused-ring (bicyclic) bond motifs is 1. The number of carboxylic acid groups (broad SMARTS) is 2. The van der Waals surface area contributed by atoms with Crippen molar-refractivity contribution in [1.82, 2.24) is 14.8 Å². The van der Waals surface area contributed by atoms with Gasteiger partial charge in [-0.3, -0.25) is 14.7 Å². The first-order valence-corrected chi connectivity index (χ1v) is 11.9. The molecule has 2 saturated heterocycles. The van der Waals surface area contributed by atoms with Crippen molar-refractivity contribution in [1.29, 1.82) is 0 Å². The number of carboxylic acids is 2. The van der Waals surface area contributed by atoms with E-state index in [1.807, 2.05) is 25.6 Å². The second-order valence-corrected chi connectivity index (χ2v) is 9.08. The van der Waals surface area contributed by atoms with E-state index in [1.54, 1.807) is 0 Å². The molecule has 4 rings (SSSR count). The van der Waals surface area contributed by atoms with Crippen molar-refractivity contribution >= 4 is 17.8 Å². The van der Waals surface area contributed by atoms with Gasteiger partial charge in [0, 0.05) is 57.2 Å². The third-order valence-electron chi connectivity index (χ3n) is 6.43. The van der Waals surface area contributed by atoms with Crippen LogP contribution in [0.25, 0.3) is 0 Å². The number of aliphatic carboxylic acids is 2. The normalized spacial score (nSPS) is 23.0. The average molecular weight is 569 g/mol. The van der Waals surface area contributed by atoms with E-state index >= 15 is 0 Å². The Morgan fingerprint density at radius 2 is 1.69 bits per heavy atom. The Hall–Kier alpha value is -3.20. The summed E-state index contributed by atoms with van der Waals surface area (Å²) in [4.78, 5) is 39.6. The van der Waals surface area contributed by atoms with Crippen molar-refractivity contribution in [3.63, 3.8) is 0 Å². The standard InChI is InChI=1S/C20H27N3O2.2C2HF3O2/c1-25-19-8-10-23(20(24)16-6-2-3-7-16)18-14-22(13-17(18)19)12-15-5-4-9-21-11-15;2*3-2(4,5)1(6)7/h4-6,9,11,17-19H,2-3,7-8,10,12-14H2,1H3;2*(H,6,7)/t17-,18+,19-;;/m0../s1. The molecule has 0 radical (unpaired) electrons. The molecule has 0 saturated carbocycles. The molecule has 2 aliphatic heterocycles. The maximum absolute atomic E-state index is 13.0. The van der Waals surface area contributed by atoms with Crippen LogP contribution < -0.4 is 0 Å². The molecule has 218 valence electrons. The van der Waals surface area contributed by atoms with Crippen LogP contribution in [0.3, 0.4) is 0 Å². The van der Waals surface area contributed by atoms with E-state index in [0.717, 1.165) is 57.4 Å². The van der Waals surface area contributed by atoms with Crippen molar-refractivity contribution in [2.45, 2.75) is 56.7 Å². The molecule has 0 bridgehead atoms. The summed E-state index contributed by atoms with van der Waals surface area (Å²) < 4.78 is 69.2. The van der Waals surface area contributed by atoms with E-state index in [2.05, 4.69) is 26.9 Å². The Kier molecular flexibility index (Phi) is 11.3. The topological polar surface area (TPSA) is 120 Å². The quantitative estimate of drug-likeness (QED) is 0.529. The number of piperidine rings is 1. The molecule has 3 aliphatic rings. The van der Waals surface area contributed by atoms with Gasteiger partial charge in [0.15, 0.2) is 0 Å². The van der Waals surface area contributed by atoms with E-state index in [9.17, 15) is 31.1 Å². The van der Waals surface area contributed by atoms with E-state index in [-0.39, 0.29) is 18.1 Å². The molecule has 0 spiro atoms. The highest BCUT2D eigenvalue weighted by atomic mass is 19.4. The molecule has 1 amide bonds. The van der Waals surface area contributed by atoms with Crippen molar-refractivity contribution in [3.8, 4) is 0 Å². The Bertz CT molecular complexity index is 994. The molecule has 2 fully saturated rings. The Labute approximate surface area is 220 Å². The first-order chi connectivity index (χ1) is 18.1. The summed E-state index contributed by atoms with van der Waals surface area (Å²) in [7, 11) is 1.81. The number of likely N-dealkylation sites (tertiary alicyclic amines) is 2. The van der Waals surface area contributed by atoms with Gasteiger partial charge in [-0.05, 0) is 37.3 Å². The predicted octanol–water partition coefficient (Wildman–Crippen LogP) is 3.51. The van der Waals surface area contributed by atoms with E-state index in [1.165, 1.54) is 5.56 Å². The number of ether oxygens (including phenoxy) is 1. The number of carbonyl (C=O) groups excluding carboxylic acids is 1. The van der Waals surface area contributed by atoms with E-state index in [0.29, 0.717) is 5.92 Å². The summed E-state index contributed by atoms with van der Waals surface area (Å²) in [6, 6.07) is 4.37. The fourth-order valence-corrected chi connectivity index (χ4v) is 4.71. The number of alkyl halides is 6. The lowest BCUT2D eigenvalue weighted by atomic mass is 9.88. The van der Waals surface area contributed by atoms with Crippen LogP contribution in [0.2, 0.25) is 0 Å². The average Bonchev–Trinajstić information content (AvgIpc) is 3.54. The highest BCUT2D eigenvalue weighted by Crippen LogP contribution is 2.35. The smallest absolute Gasteiger partial charge is 0.475 e. The summed E-state index contributed by atoms with van der Waals surface area (Å²) >= 11 is 0. The molecule has 0 unspecified atom stereocenters. The zero-order valence-electron chi connectivity index (χ0n) is 20.9. The third kappa shape index (κ3) is 9.49. The van der Waals surface area contributed by atoms with Gasteiger partial charge in [0.05, 0.1) is 12.1 Å². The number of hydrogen-bond donors (Lipinski definition) is 2. The van der Waals surface area contributed by atoms with Crippen molar-refractivity contribution in [2.24, 2.45) is 5.92 Å². The number of halogens is 6. The Morgan fingerprint density at radius 1 is 1.08 bits per heavy atom. The number of amides is 1. The summed E-state index contributed by atoms with van der Waals surface area (Å²) in [5.74, 6) is -4.84. The van der Waals surface area contributed by atoms with Gasteiger partial charge in [-0.1, -0.05) is 12.1 Å². The van der Waals surface area contributed by atoms with Gasteiger partial charge in [0.2, 0.25) is 5.91 Å². The van der Waals surface area contributed by atoms with Gasteiger partial charge in [-0.2, -0.15) is 26.3 Å². The monoisotopic (exact) mass is 569 g/mol. The Balaban J connectivity index is 0.000000317. The summed E-state index contributed by atoms with van der Waals surface area (Å²) in [5.41, 5.74) is 2.26. The fraction of sp³-hybridized carbons (Fsp3) is 0.583. The molecule has 0 aromatic carbocycles. The predicted molar refractivity (Wildman–Crippen MR) is 123 cm³/mol. The number of allylic oxidation sites excluding steroid dienone is 1. The number of pyridine rings is 1. The molecule has 2 N–H and O–H groups in total. The minimum atomic E-state index is -5.08. The lowest BCUT2D eigenvalue weighted by Crippen LogP contribution is -2.53. The van der Waals surface area contributed by atoms with Crippen molar-refractivity contribution in [2.75, 3.05) is 26.7 Å². The van der Waals surface area contributed by atoms with Crippen LogP contribution in [0.5, 0.6) is 0 Å². The SMILES string of the molecule is CO[C@H]1CCN(C(=O)C2=CCCC2)[C@@H]2CN(Cc3cccnc3)C[C@H]12.O=C(O)C(F)(F)F.O=C(O)C(F)(F)F. The summed E-state index contributed by atoms with van der Waals surface area (Å²) in [6.07, 6.45) is 0.0319. The van der Waals surface area contributed by atoms with Gasteiger partial charge in [-0.25, -0.2) is 9.59 Å². The maximum atomic E-state index is 13.0. The van der Waals surface area contributed by atoms with Crippen LogP contribution in [0.1, 0.15) is 31.2 Å². The number of aromatic nitrogens is 1. The molecule has 3 heterocycles. The first kappa shape index (κ1) is 32.0. The van der Waals surface area contributed by atoms with Gasteiger partial charge in [0.25, 0.3) is 0 Å². The minimum Gasteiger partial charge on any atom is -0.475 e. The second kappa shape index (κ2) is 13.7. The van der Waals surface area contributed by atoms with Crippen LogP contribution in [-0.2, 0) is 25.7 Å². The lowest BCUT2D eigenvalue weighted by molar-refractivity contribution is -0.193. The molecular weight excluding hydrogens is 540 g/mol. The highest BCUT2D eigenvalue weighted by Gasteiger charge is 2.46. The van der Waals surface area contributed by atoms with Gasteiger partial charge in [0.1, 0.15) is 0 Å². The molecule has 1 aromatic rings. The minimum absolute atomic E-state index is 0.255. The zero-order chi connectivity index (χ0) is 29.4. The summed E-state index contributed by atoms with van der Waals surface area (Å²) in [5, 5.41) is 14.2. The van der Waals surface area contributed by atoms with Crippen molar-refractivity contribution < 1.29 is 55.7 Å². The zero-order valence-corrected chi connectivity index (χ0v) is 20.9. The second-order valence-electron chi connectivity index (χ2n) is 9.08. The summed E-state index contributed by atoms with van der Waals surface area (Å²) in [6.45, 7) is 3.62. The molecule has 39 heavy (non-hydrogen) atoms. The van der Waals surface area contributed by atoms with Gasteiger partial charge >= 0.3 is 24.3 Å². The highest BCUT2D eigenvalue weighted by molar-refractivity contribution is 5.94. The first-order valence-electron chi connectivity index (χ1n) is 11.9. The number of nitrogens with zero attached hydrogens (tertiary/aromatic N) is 3. The third-order valence-corrected chi connectivity index (χ3v) is 6.43. The molecule has 3 atom stereocenters. The molecular formula is C24H29F6N3O6. The number of hydrogen-bond acceptors (Lipinski definition) is 6. The van der Waals surface area contributed by atoms with Crippen LogP contribution in [0.4, 0.5) is 26.3 Å².